The Labute approximate surface area is 108 Å². The molecule has 0 spiro atoms. The molecule has 0 saturated heterocycles. The van der Waals surface area contributed by atoms with Crippen molar-refractivity contribution < 1.29 is 4.74 Å². The Balaban J connectivity index is 4.11. The molecule has 102 valence electrons. The largest absolute Gasteiger partial charge is 0.379 e. The van der Waals surface area contributed by atoms with Crippen LogP contribution >= 0.6 is 0 Å². The predicted octanol–water partition coefficient (Wildman–Crippen LogP) is 4.05. The Hall–Kier alpha value is -0.340. The summed E-state index contributed by atoms with van der Waals surface area (Å²) in [5.41, 5.74) is 8.78. The molecule has 0 aromatic rings. The first-order valence-electron chi connectivity index (χ1n) is 6.89. The summed E-state index contributed by atoms with van der Waals surface area (Å²) >= 11 is 0. The molecule has 17 heavy (non-hydrogen) atoms. The average molecular weight is 241 g/mol. The highest BCUT2D eigenvalue weighted by atomic mass is 16.5. The van der Waals surface area contributed by atoms with Crippen molar-refractivity contribution in [2.45, 2.75) is 71.8 Å². The maximum absolute atomic E-state index is 5.82. The summed E-state index contributed by atoms with van der Waals surface area (Å²) in [5, 5.41) is 0. The topological polar surface area (TPSA) is 35.2 Å². The van der Waals surface area contributed by atoms with Gasteiger partial charge in [-0.3, -0.25) is 0 Å². The van der Waals surface area contributed by atoms with Crippen LogP contribution in [0.25, 0.3) is 0 Å². The van der Waals surface area contributed by atoms with Crippen LogP contribution in [0, 0.1) is 0 Å². The maximum Gasteiger partial charge on any atom is 0.0622 e. The van der Waals surface area contributed by atoms with Gasteiger partial charge in [0.15, 0.2) is 0 Å². The molecule has 0 aromatic carbocycles. The van der Waals surface area contributed by atoms with Gasteiger partial charge in [0.05, 0.1) is 5.60 Å². The van der Waals surface area contributed by atoms with Gasteiger partial charge in [-0.2, -0.15) is 0 Å². The minimum absolute atomic E-state index is 0.00652. The van der Waals surface area contributed by atoms with Gasteiger partial charge in [-0.15, -0.1) is 0 Å². The molecule has 0 radical (unpaired) electrons. The third kappa shape index (κ3) is 7.56. The fraction of sp³-hybridized carbons (Fsp3) is 0.867. The Morgan fingerprint density at radius 2 is 1.82 bits per heavy atom. The van der Waals surface area contributed by atoms with Crippen molar-refractivity contribution in [1.29, 1.82) is 0 Å². The average Bonchev–Trinajstić information content (AvgIpc) is 2.30. The number of hydrogen-bond acceptors (Lipinski definition) is 2. The highest BCUT2D eigenvalue weighted by molar-refractivity contribution is 5.13. The summed E-state index contributed by atoms with van der Waals surface area (Å²) in [6, 6.07) is 0. The van der Waals surface area contributed by atoms with Gasteiger partial charge in [0.2, 0.25) is 0 Å². The second-order valence-electron chi connectivity index (χ2n) is 5.51. The van der Waals surface area contributed by atoms with E-state index >= 15 is 0 Å². The van der Waals surface area contributed by atoms with Gasteiger partial charge in [-0.25, -0.2) is 0 Å². The van der Waals surface area contributed by atoms with E-state index in [1.807, 2.05) is 0 Å². The van der Waals surface area contributed by atoms with Crippen molar-refractivity contribution in [3.05, 3.63) is 11.1 Å². The number of methoxy groups -OCH3 is 1. The van der Waals surface area contributed by atoms with Gasteiger partial charge in [0.1, 0.15) is 0 Å². The highest BCUT2D eigenvalue weighted by Gasteiger charge is 2.15. The van der Waals surface area contributed by atoms with Crippen molar-refractivity contribution in [3.63, 3.8) is 0 Å². The number of nitrogens with two attached hydrogens (primary N) is 1. The van der Waals surface area contributed by atoms with Crippen LogP contribution in [-0.4, -0.2) is 19.3 Å². The molecule has 0 aliphatic carbocycles. The normalized spacial score (nSPS) is 13.8. The fourth-order valence-corrected chi connectivity index (χ4v) is 1.94. The Bertz CT molecular complexity index is 231. The number of allylic oxidation sites excluding steroid dienone is 1. The Kier molecular flexibility index (Phi) is 8.53. The molecule has 0 unspecified atom stereocenters. The second-order valence-corrected chi connectivity index (χ2v) is 5.51. The van der Waals surface area contributed by atoms with E-state index in [0.29, 0.717) is 0 Å². The van der Waals surface area contributed by atoms with Crippen LogP contribution in [0.5, 0.6) is 0 Å². The van der Waals surface area contributed by atoms with Crippen molar-refractivity contribution in [2.24, 2.45) is 5.73 Å². The quantitative estimate of drug-likeness (QED) is 0.618. The van der Waals surface area contributed by atoms with E-state index in [9.17, 15) is 0 Å². The van der Waals surface area contributed by atoms with Crippen molar-refractivity contribution in [2.75, 3.05) is 13.7 Å². The van der Waals surface area contributed by atoms with Crippen LogP contribution in [0.15, 0.2) is 11.1 Å². The molecule has 0 aromatic heterocycles. The fourth-order valence-electron chi connectivity index (χ4n) is 1.94. The van der Waals surface area contributed by atoms with Crippen LogP contribution in [0.4, 0.5) is 0 Å². The Morgan fingerprint density at radius 1 is 1.18 bits per heavy atom. The van der Waals surface area contributed by atoms with E-state index in [-0.39, 0.29) is 5.60 Å². The minimum Gasteiger partial charge on any atom is -0.379 e. The van der Waals surface area contributed by atoms with Crippen LogP contribution < -0.4 is 5.73 Å². The molecule has 2 heteroatoms. The standard InChI is InChI=1S/C15H31NO/c1-6-7-10-14(12-16)13(2)9-8-11-15(3,4)17-5/h6-12,16H2,1-5H3/b14-13+. The van der Waals surface area contributed by atoms with Gasteiger partial charge in [0, 0.05) is 13.7 Å². The predicted molar refractivity (Wildman–Crippen MR) is 76.2 cm³/mol. The molecule has 0 aliphatic rings. The van der Waals surface area contributed by atoms with Crippen LogP contribution in [0.3, 0.4) is 0 Å². The number of rotatable bonds is 9. The van der Waals surface area contributed by atoms with Gasteiger partial charge in [-0.05, 0) is 52.9 Å². The van der Waals surface area contributed by atoms with E-state index in [1.54, 1.807) is 7.11 Å². The molecule has 0 rings (SSSR count). The molecule has 2 N–H and O–H groups in total. The van der Waals surface area contributed by atoms with Crippen LogP contribution in [-0.2, 0) is 4.74 Å². The lowest BCUT2D eigenvalue weighted by Gasteiger charge is -2.23. The van der Waals surface area contributed by atoms with Gasteiger partial charge in [0.25, 0.3) is 0 Å². The summed E-state index contributed by atoms with van der Waals surface area (Å²) in [5.74, 6) is 0. The van der Waals surface area contributed by atoms with Gasteiger partial charge < -0.3 is 10.5 Å². The smallest absolute Gasteiger partial charge is 0.0622 e. The van der Waals surface area contributed by atoms with Gasteiger partial charge >= 0.3 is 0 Å². The molecule has 0 heterocycles. The summed E-state index contributed by atoms with van der Waals surface area (Å²) in [7, 11) is 1.79. The first-order valence-corrected chi connectivity index (χ1v) is 6.89. The summed E-state index contributed by atoms with van der Waals surface area (Å²) < 4.78 is 5.43. The maximum atomic E-state index is 5.82. The van der Waals surface area contributed by atoms with Crippen molar-refractivity contribution in [1.82, 2.24) is 0 Å². The monoisotopic (exact) mass is 241 g/mol. The molecule has 0 fully saturated rings. The molecule has 0 amide bonds. The van der Waals surface area contributed by atoms with E-state index in [4.69, 9.17) is 10.5 Å². The van der Waals surface area contributed by atoms with Crippen LogP contribution in [0.2, 0.25) is 0 Å². The minimum atomic E-state index is 0.00652. The van der Waals surface area contributed by atoms with Crippen LogP contribution in [0.1, 0.15) is 66.2 Å². The Morgan fingerprint density at radius 3 is 2.29 bits per heavy atom. The van der Waals surface area contributed by atoms with E-state index in [0.717, 1.165) is 19.4 Å². The lowest BCUT2D eigenvalue weighted by molar-refractivity contribution is 0.0140. The zero-order chi connectivity index (χ0) is 13.3. The summed E-state index contributed by atoms with van der Waals surface area (Å²) in [6.07, 6.45) is 7.12. The molecular formula is C15H31NO. The number of ether oxygens (including phenoxy) is 1. The molecular weight excluding hydrogens is 210 g/mol. The van der Waals surface area contributed by atoms with Gasteiger partial charge in [-0.1, -0.05) is 24.5 Å². The van der Waals surface area contributed by atoms with E-state index < -0.39 is 0 Å². The zero-order valence-corrected chi connectivity index (χ0v) is 12.4. The molecule has 0 bridgehead atoms. The SMILES string of the molecule is CCCC/C(CN)=C(/C)CCCC(C)(C)OC. The second kappa shape index (κ2) is 8.71. The number of hydrogen-bond donors (Lipinski definition) is 1. The highest BCUT2D eigenvalue weighted by Crippen LogP contribution is 2.21. The summed E-state index contributed by atoms with van der Waals surface area (Å²) in [6.45, 7) is 9.47. The zero-order valence-electron chi connectivity index (χ0n) is 12.4. The molecule has 0 aliphatic heterocycles. The number of unbranched alkanes of at least 4 members (excludes halogenated alkanes) is 1. The first kappa shape index (κ1) is 16.7. The van der Waals surface area contributed by atoms with Crippen molar-refractivity contribution in [3.8, 4) is 0 Å². The van der Waals surface area contributed by atoms with Crippen molar-refractivity contribution >= 4 is 0 Å². The summed E-state index contributed by atoms with van der Waals surface area (Å²) in [4.78, 5) is 0. The van der Waals surface area contributed by atoms with E-state index in [1.165, 1.54) is 36.8 Å². The van der Waals surface area contributed by atoms with E-state index in [2.05, 4.69) is 27.7 Å². The molecule has 2 nitrogen and oxygen atoms in total. The lowest BCUT2D eigenvalue weighted by Crippen LogP contribution is -2.21. The third-order valence-corrected chi connectivity index (χ3v) is 3.57. The first-order chi connectivity index (χ1) is 7.96. The lowest BCUT2D eigenvalue weighted by atomic mass is 9.95. The molecule has 0 saturated carbocycles. The third-order valence-electron chi connectivity index (χ3n) is 3.57. The molecule has 0 atom stereocenters.